The number of rotatable bonds is 5. The van der Waals surface area contributed by atoms with E-state index >= 15 is 0 Å². The van der Waals surface area contributed by atoms with Crippen LogP contribution in [0.5, 0.6) is 11.5 Å². The molecule has 1 N–H and O–H groups in total. The van der Waals surface area contributed by atoms with Crippen LogP contribution in [0.3, 0.4) is 0 Å². The summed E-state index contributed by atoms with van der Waals surface area (Å²) in [6.07, 6.45) is 2.30. The van der Waals surface area contributed by atoms with Crippen LogP contribution in [0.25, 0.3) is 0 Å². The second-order valence-electron chi connectivity index (χ2n) is 6.10. The Kier molecular flexibility index (Phi) is 4.57. The van der Waals surface area contributed by atoms with E-state index in [1.54, 1.807) is 6.07 Å². The third-order valence-corrected chi connectivity index (χ3v) is 4.50. The Bertz CT molecular complexity index is 661. The Balaban J connectivity index is 1.80. The minimum Gasteiger partial charge on any atom is -0.504 e. The predicted molar refractivity (Wildman–Crippen MR) is 87.6 cm³/mol. The molecule has 1 aliphatic rings. The molecule has 0 radical (unpaired) electrons. The van der Waals surface area contributed by atoms with E-state index in [4.69, 9.17) is 9.26 Å². The van der Waals surface area contributed by atoms with Crippen molar-refractivity contribution in [2.75, 3.05) is 13.2 Å². The quantitative estimate of drug-likeness (QED) is 0.910. The maximum absolute atomic E-state index is 9.84. The van der Waals surface area contributed by atoms with E-state index in [1.807, 2.05) is 32.9 Å². The lowest BCUT2D eigenvalue weighted by atomic mass is 10.0. The molecule has 0 unspecified atom stereocenters. The van der Waals surface area contributed by atoms with E-state index in [0.29, 0.717) is 18.4 Å². The molecule has 0 aliphatic carbocycles. The second kappa shape index (κ2) is 6.62. The van der Waals surface area contributed by atoms with Gasteiger partial charge < -0.3 is 14.4 Å². The van der Waals surface area contributed by atoms with Crippen molar-refractivity contribution in [1.29, 1.82) is 0 Å². The minimum atomic E-state index is 0.194. The normalized spacial score (nSPS) is 18.5. The zero-order valence-electron chi connectivity index (χ0n) is 14.0. The van der Waals surface area contributed by atoms with Crippen LogP contribution < -0.4 is 4.74 Å². The highest BCUT2D eigenvalue weighted by molar-refractivity contribution is 5.42. The Labute approximate surface area is 136 Å². The van der Waals surface area contributed by atoms with Gasteiger partial charge in [-0.3, -0.25) is 4.90 Å². The van der Waals surface area contributed by atoms with Crippen molar-refractivity contribution in [3.05, 3.63) is 40.8 Å². The largest absolute Gasteiger partial charge is 0.504 e. The van der Waals surface area contributed by atoms with Gasteiger partial charge in [-0.05, 0) is 57.9 Å². The van der Waals surface area contributed by atoms with Crippen molar-refractivity contribution in [2.45, 2.75) is 46.2 Å². The first-order valence-electron chi connectivity index (χ1n) is 8.21. The summed E-state index contributed by atoms with van der Waals surface area (Å²) in [5.41, 5.74) is 3.36. The third-order valence-electron chi connectivity index (χ3n) is 4.50. The third kappa shape index (κ3) is 3.20. The van der Waals surface area contributed by atoms with Gasteiger partial charge in [-0.1, -0.05) is 11.2 Å². The van der Waals surface area contributed by atoms with Crippen LogP contribution in [0.4, 0.5) is 0 Å². The van der Waals surface area contributed by atoms with Crippen molar-refractivity contribution in [3.63, 3.8) is 0 Å². The Morgan fingerprint density at radius 2 is 2.22 bits per heavy atom. The van der Waals surface area contributed by atoms with Crippen molar-refractivity contribution < 1.29 is 14.4 Å². The van der Waals surface area contributed by atoms with Gasteiger partial charge in [0.1, 0.15) is 5.76 Å². The molecule has 124 valence electrons. The first-order chi connectivity index (χ1) is 11.1. The standard InChI is InChI=1S/C18H24N2O3/c1-4-22-17-10-14(7-8-16(17)21)11-20-9-5-6-15(20)18-12(2)19-23-13(18)3/h7-8,10,15,21H,4-6,9,11H2,1-3H3/t15-/m0/s1. The molecule has 23 heavy (non-hydrogen) atoms. The average Bonchev–Trinajstić information content (AvgIpc) is 3.09. The van der Waals surface area contributed by atoms with Crippen molar-refractivity contribution >= 4 is 0 Å². The zero-order valence-corrected chi connectivity index (χ0v) is 14.0. The highest BCUT2D eigenvalue weighted by Crippen LogP contribution is 2.37. The fraction of sp³-hybridized carbons (Fsp3) is 0.500. The molecule has 2 heterocycles. The van der Waals surface area contributed by atoms with Gasteiger partial charge in [0.25, 0.3) is 0 Å². The molecule has 5 nitrogen and oxygen atoms in total. The highest BCUT2D eigenvalue weighted by atomic mass is 16.5. The lowest BCUT2D eigenvalue weighted by Gasteiger charge is -2.24. The van der Waals surface area contributed by atoms with Gasteiger partial charge in [-0.15, -0.1) is 0 Å². The lowest BCUT2D eigenvalue weighted by molar-refractivity contribution is 0.244. The first-order valence-corrected chi connectivity index (χ1v) is 8.21. The Hall–Kier alpha value is -2.01. The van der Waals surface area contributed by atoms with Gasteiger partial charge in [-0.25, -0.2) is 0 Å². The van der Waals surface area contributed by atoms with Gasteiger partial charge in [0, 0.05) is 18.2 Å². The van der Waals surface area contributed by atoms with Gasteiger partial charge >= 0.3 is 0 Å². The SMILES string of the molecule is CCOc1cc(CN2CCC[C@H]2c2c(C)noc2C)ccc1O. The van der Waals surface area contributed by atoms with Crippen LogP contribution in [0, 0.1) is 13.8 Å². The fourth-order valence-corrected chi connectivity index (χ4v) is 3.47. The summed E-state index contributed by atoms with van der Waals surface area (Å²) in [5.74, 6) is 1.66. The molecule has 0 amide bonds. The lowest BCUT2D eigenvalue weighted by Crippen LogP contribution is -2.23. The van der Waals surface area contributed by atoms with Crippen LogP contribution >= 0.6 is 0 Å². The molecule has 1 aliphatic heterocycles. The second-order valence-corrected chi connectivity index (χ2v) is 6.10. The van der Waals surface area contributed by atoms with E-state index in [2.05, 4.69) is 10.1 Å². The number of hydrogen-bond donors (Lipinski definition) is 1. The van der Waals surface area contributed by atoms with E-state index in [-0.39, 0.29) is 5.75 Å². The summed E-state index contributed by atoms with van der Waals surface area (Å²) in [6, 6.07) is 5.95. The van der Waals surface area contributed by atoms with Crippen molar-refractivity contribution in [2.24, 2.45) is 0 Å². The van der Waals surface area contributed by atoms with E-state index in [1.165, 1.54) is 12.0 Å². The number of aryl methyl sites for hydroxylation is 2. The molecule has 0 bridgehead atoms. The molecule has 0 saturated carbocycles. The van der Waals surface area contributed by atoms with Crippen molar-refractivity contribution in [3.8, 4) is 11.5 Å². The number of ether oxygens (including phenoxy) is 1. The van der Waals surface area contributed by atoms with E-state index in [0.717, 1.165) is 36.5 Å². The van der Waals surface area contributed by atoms with Crippen LogP contribution in [0.2, 0.25) is 0 Å². The number of phenols is 1. The summed E-state index contributed by atoms with van der Waals surface area (Å²) in [7, 11) is 0. The van der Waals surface area contributed by atoms with Crippen LogP contribution in [0.1, 0.15) is 48.4 Å². The van der Waals surface area contributed by atoms with E-state index in [9.17, 15) is 5.11 Å². The highest BCUT2D eigenvalue weighted by Gasteiger charge is 2.30. The van der Waals surface area contributed by atoms with Gasteiger partial charge in [0.15, 0.2) is 11.5 Å². The smallest absolute Gasteiger partial charge is 0.161 e. The monoisotopic (exact) mass is 316 g/mol. The molecule has 0 spiro atoms. The summed E-state index contributed by atoms with van der Waals surface area (Å²) in [6.45, 7) is 8.34. The summed E-state index contributed by atoms with van der Waals surface area (Å²) >= 11 is 0. The van der Waals surface area contributed by atoms with Gasteiger partial charge in [0.05, 0.1) is 12.3 Å². The molecule has 1 fully saturated rings. The Morgan fingerprint density at radius 1 is 1.39 bits per heavy atom. The molecule has 1 saturated heterocycles. The fourth-order valence-electron chi connectivity index (χ4n) is 3.47. The molecule has 1 aromatic carbocycles. The van der Waals surface area contributed by atoms with Crippen molar-refractivity contribution in [1.82, 2.24) is 10.1 Å². The molecule has 1 aromatic heterocycles. The maximum atomic E-state index is 9.84. The number of benzene rings is 1. The number of hydrogen-bond acceptors (Lipinski definition) is 5. The number of phenolic OH excluding ortho intramolecular Hbond substituents is 1. The number of nitrogens with zero attached hydrogens (tertiary/aromatic N) is 2. The number of likely N-dealkylation sites (tertiary alicyclic amines) is 1. The molecule has 3 rings (SSSR count). The molecule has 2 aromatic rings. The molecule has 5 heteroatoms. The molecular formula is C18H24N2O3. The average molecular weight is 316 g/mol. The molecule has 1 atom stereocenters. The Morgan fingerprint density at radius 3 is 2.91 bits per heavy atom. The summed E-state index contributed by atoms with van der Waals surface area (Å²) < 4.78 is 10.8. The van der Waals surface area contributed by atoms with Crippen LogP contribution in [-0.2, 0) is 6.54 Å². The summed E-state index contributed by atoms with van der Waals surface area (Å²) in [5, 5.41) is 13.9. The van der Waals surface area contributed by atoms with Gasteiger partial charge in [-0.2, -0.15) is 0 Å². The first kappa shape index (κ1) is 15.9. The minimum absolute atomic E-state index is 0.194. The van der Waals surface area contributed by atoms with Crippen LogP contribution in [0.15, 0.2) is 22.7 Å². The topological polar surface area (TPSA) is 58.7 Å². The maximum Gasteiger partial charge on any atom is 0.161 e. The number of aromatic hydroxyl groups is 1. The molecular weight excluding hydrogens is 292 g/mol. The van der Waals surface area contributed by atoms with E-state index < -0.39 is 0 Å². The van der Waals surface area contributed by atoms with Gasteiger partial charge in [0.2, 0.25) is 0 Å². The number of aromatic nitrogens is 1. The summed E-state index contributed by atoms with van der Waals surface area (Å²) in [4.78, 5) is 2.45. The van der Waals surface area contributed by atoms with Crippen LogP contribution in [-0.4, -0.2) is 28.3 Å². The predicted octanol–water partition coefficient (Wildman–Crippen LogP) is 3.73. The zero-order chi connectivity index (χ0) is 16.4.